The molecule has 0 aliphatic heterocycles. The van der Waals surface area contributed by atoms with Gasteiger partial charge in [-0.05, 0) is 51.1 Å². The summed E-state index contributed by atoms with van der Waals surface area (Å²) in [7, 11) is 0. The Balaban J connectivity index is 2.18. The van der Waals surface area contributed by atoms with Crippen molar-refractivity contribution in [2.24, 2.45) is 5.73 Å². The highest BCUT2D eigenvalue weighted by atomic mass is 16.5. The fourth-order valence-electron chi connectivity index (χ4n) is 2.54. The zero-order valence-corrected chi connectivity index (χ0v) is 10.5. The van der Waals surface area contributed by atoms with Crippen LogP contribution in [-0.2, 0) is 16.8 Å². The van der Waals surface area contributed by atoms with Crippen LogP contribution >= 0.6 is 0 Å². The molecule has 1 fully saturated rings. The van der Waals surface area contributed by atoms with Crippen LogP contribution in [0.2, 0.25) is 0 Å². The SMILES string of the molecule is CCOC1(c2ncc(CCN)cn2)CCCC1. The fourth-order valence-corrected chi connectivity index (χ4v) is 2.54. The van der Waals surface area contributed by atoms with Gasteiger partial charge in [0.15, 0.2) is 5.82 Å². The van der Waals surface area contributed by atoms with E-state index in [9.17, 15) is 0 Å². The topological polar surface area (TPSA) is 61.0 Å². The van der Waals surface area contributed by atoms with E-state index in [2.05, 4.69) is 9.97 Å². The average molecular weight is 235 g/mol. The van der Waals surface area contributed by atoms with E-state index in [1.54, 1.807) is 0 Å². The van der Waals surface area contributed by atoms with Crippen LogP contribution in [0.5, 0.6) is 0 Å². The first kappa shape index (κ1) is 12.5. The van der Waals surface area contributed by atoms with Crippen molar-refractivity contribution in [3.63, 3.8) is 0 Å². The van der Waals surface area contributed by atoms with Crippen LogP contribution in [0.1, 0.15) is 44.0 Å². The molecule has 2 rings (SSSR count). The van der Waals surface area contributed by atoms with E-state index in [0.717, 1.165) is 30.7 Å². The Kier molecular flexibility index (Phi) is 4.07. The molecule has 94 valence electrons. The van der Waals surface area contributed by atoms with Gasteiger partial charge in [0.05, 0.1) is 0 Å². The van der Waals surface area contributed by atoms with E-state index in [4.69, 9.17) is 10.5 Å². The zero-order chi connectivity index (χ0) is 12.1. The average Bonchev–Trinajstić information content (AvgIpc) is 2.81. The molecule has 0 bridgehead atoms. The number of rotatable bonds is 5. The summed E-state index contributed by atoms with van der Waals surface area (Å²) in [4.78, 5) is 8.96. The summed E-state index contributed by atoms with van der Waals surface area (Å²) in [5, 5.41) is 0. The molecular formula is C13H21N3O. The molecule has 1 aromatic heterocycles. The maximum absolute atomic E-state index is 5.93. The molecule has 1 heterocycles. The molecule has 17 heavy (non-hydrogen) atoms. The highest BCUT2D eigenvalue weighted by Crippen LogP contribution is 2.40. The number of ether oxygens (including phenoxy) is 1. The predicted molar refractivity (Wildman–Crippen MR) is 66.6 cm³/mol. The van der Waals surface area contributed by atoms with Gasteiger partial charge in [-0.15, -0.1) is 0 Å². The van der Waals surface area contributed by atoms with Gasteiger partial charge in [-0.1, -0.05) is 0 Å². The van der Waals surface area contributed by atoms with Crippen molar-refractivity contribution >= 4 is 0 Å². The lowest BCUT2D eigenvalue weighted by Gasteiger charge is -2.27. The van der Waals surface area contributed by atoms with Crippen LogP contribution in [0.4, 0.5) is 0 Å². The number of hydrogen-bond acceptors (Lipinski definition) is 4. The third-order valence-corrected chi connectivity index (χ3v) is 3.38. The standard InChI is InChI=1S/C13H21N3O/c1-2-17-13(6-3-4-7-13)12-15-9-11(5-8-14)10-16-12/h9-10H,2-8,14H2,1H3. The maximum atomic E-state index is 5.93. The number of nitrogens with two attached hydrogens (primary N) is 1. The number of aromatic nitrogens is 2. The largest absolute Gasteiger partial charge is 0.367 e. The second-order valence-electron chi connectivity index (χ2n) is 4.59. The highest BCUT2D eigenvalue weighted by Gasteiger charge is 2.38. The first-order valence-electron chi connectivity index (χ1n) is 6.46. The Morgan fingerprint density at radius 3 is 2.47 bits per heavy atom. The third-order valence-electron chi connectivity index (χ3n) is 3.38. The van der Waals surface area contributed by atoms with E-state index in [1.165, 1.54) is 12.8 Å². The predicted octanol–water partition coefficient (Wildman–Crippen LogP) is 1.78. The Hall–Kier alpha value is -1.00. The molecule has 1 aromatic rings. The van der Waals surface area contributed by atoms with Crippen LogP contribution in [0.25, 0.3) is 0 Å². The molecule has 0 atom stereocenters. The molecule has 0 radical (unpaired) electrons. The summed E-state index contributed by atoms with van der Waals surface area (Å²) in [6.07, 6.45) is 9.08. The van der Waals surface area contributed by atoms with Gasteiger partial charge in [-0.3, -0.25) is 0 Å². The van der Waals surface area contributed by atoms with Crippen molar-refractivity contribution in [3.05, 3.63) is 23.8 Å². The molecule has 0 aromatic carbocycles. The first-order chi connectivity index (χ1) is 8.30. The monoisotopic (exact) mass is 235 g/mol. The van der Waals surface area contributed by atoms with E-state index in [0.29, 0.717) is 13.2 Å². The summed E-state index contributed by atoms with van der Waals surface area (Å²) < 4.78 is 5.93. The third kappa shape index (κ3) is 2.64. The molecule has 2 N–H and O–H groups in total. The molecule has 1 aliphatic carbocycles. The van der Waals surface area contributed by atoms with Gasteiger partial charge in [0.1, 0.15) is 5.60 Å². The summed E-state index contributed by atoms with van der Waals surface area (Å²) in [6, 6.07) is 0. The van der Waals surface area contributed by atoms with Gasteiger partial charge < -0.3 is 10.5 Å². The Bertz CT molecular complexity index is 344. The highest BCUT2D eigenvalue weighted by molar-refractivity contribution is 5.11. The van der Waals surface area contributed by atoms with Gasteiger partial charge in [0.2, 0.25) is 0 Å². The van der Waals surface area contributed by atoms with Crippen molar-refractivity contribution in [1.29, 1.82) is 0 Å². The number of hydrogen-bond donors (Lipinski definition) is 1. The Morgan fingerprint density at radius 1 is 1.29 bits per heavy atom. The van der Waals surface area contributed by atoms with E-state index >= 15 is 0 Å². The summed E-state index contributed by atoms with van der Waals surface area (Å²) in [5.41, 5.74) is 6.39. The summed E-state index contributed by atoms with van der Waals surface area (Å²) in [5.74, 6) is 0.845. The second kappa shape index (κ2) is 5.56. The molecule has 4 nitrogen and oxygen atoms in total. The summed E-state index contributed by atoms with van der Waals surface area (Å²) >= 11 is 0. The van der Waals surface area contributed by atoms with E-state index in [-0.39, 0.29) is 5.60 Å². The van der Waals surface area contributed by atoms with Gasteiger partial charge in [0.25, 0.3) is 0 Å². The van der Waals surface area contributed by atoms with Crippen molar-refractivity contribution in [1.82, 2.24) is 9.97 Å². The Morgan fingerprint density at radius 2 is 1.94 bits per heavy atom. The maximum Gasteiger partial charge on any atom is 0.160 e. The summed E-state index contributed by atoms with van der Waals surface area (Å²) in [6.45, 7) is 3.39. The van der Waals surface area contributed by atoms with Crippen molar-refractivity contribution in [2.45, 2.75) is 44.6 Å². The van der Waals surface area contributed by atoms with Crippen LogP contribution in [0.3, 0.4) is 0 Å². The van der Waals surface area contributed by atoms with Crippen molar-refractivity contribution < 1.29 is 4.74 Å². The minimum Gasteiger partial charge on any atom is -0.367 e. The quantitative estimate of drug-likeness (QED) is 0.845. The van der Waals surface area contributed by atoms with Crippen molar-refractivity contribution in [3.8, 4) is 0 Å². The van der Waals surface area contributed by atoms with E-state index in [1.807, 2.05) is 19.3 Å². The normalized spacial score (nSPS) is 18.5. The first-order valence-corrected chi connectivity index (χ1v) is 6.46. The lowest BCUT2D eigenvalue weighted by atomic mass is 10.0. The van der Waals surface area contributed by atoms with Crippen molar-refractivity contribution in [2.75, 3.05) is 13.2 Å². The Labute approximate surface area is 103 Å². The molecule has 1 saturated carbocycles. The minimum absolute atomic E-state index is 0.226. The number of nitrogens with zero attached hydrogens (tertiary/aromatic N) is 2. The smallest absolute Gasteiger partial charge is 0.160 e. The lowest BCUT2D eigenvalue weighted by molar-refractivity contribution is -0.0457. The molecule has 0 saturated heterocycles. The van der Waals surface area contributed by atoms with Crippen LogP contribution in [-0.4, -0.2) is 23.1 Å². The minimum atomic E-state index is -0.226. The van der Waals surface area contributed by atoms with Crippen LogP contribution in [0.15, 0.2) is 12.4 Å². The van der Waals surface area contributed by atoms with E-state index < -0.39 is 0 Å². The molecular weight excluding hydrogens is 214 g/mol. The molecule has 0 spiro atoms. The molecule has 0 amide bonds. The fraction of sp³-hybridized carbons (Fsp3) is 0.692. The lowest BCUT2D eigenvalue weighted by Crippen LogP contribution is -2.28. The molecule has 1 aliphatic rings. The van der Waals surface area contributed by atoms with Gasteiger partial charge in [-0.25, -0.2) is 9.97 Å². The van der Waals surface area contributed by atoms with Gasteiger partial charge in [0, 0.05) is 19.0 Å². The van der Waals surface area contributed by atoms with Gasteiger partial charge >= 0.3 is 0 Å². The van der Waals surface area contributed by atoms with Gasteiger partial charge in [-0.2, -0.15) is 0 Å². The molecule has 0 unspecified atom stereocenters. The van der Waals surface area contributed by atoms with Crippen LogP contribution < -0.4 is 5.73 Å². The van der Waals surface area contributed by atoms with Crippen LogP contribution in [0, 0.1) is 0 Å². The second-order valence-corrected chi connectivity index (χ2v) is 4.59. The molecule has 4 heteroatoms. The zero-order valence-electron chi connectivity index (χ0n) is 10.5.